The molecule has 0 saturated carbocycles. The molecule has 168 valence electrons. The highest BCUT2D eigenvalue weighted by molar-refractivity contribution is 7.89. The Balaban J connectivity index is 1.77. The number of ether oxygens (including phenoxy) is 3. The molecular formula is C21H25FN2O6S. The van der Waals surface area contributed by atoms with Crippen molar-refractivity contribution < 1.29 is 31.8 Å². The Morgan fingerprint density at radius 1 is 1.13 bits per heavy atom. The van der Waals surface area contributed by atoms with Gasteiger partial charge in [0.1, 0.15) is 13.2 Å². The van der Waals surface area contributed by atoms with Gasteiger partial charge in [-0.2, -0.15) is 0 Å². The number of rotatable bonds is 8. The number of morpholine rings is 1. The second kappa shape index (κ2) is 10.1. The number of hydrogen-bond donors (Lipinski definition) is 0. The summed E-state index contributed by atoms with van der Waals surface area (Å²) in [4.78, 5) is 14.8. The number of carbonyl (C=O) groups is 1. The predicted octanol–water partition coefficient (Wildman–Crippen LogP) is 2.15. The van der Waals surface area contributed by atoms with E-state index in [1.807, 2.05) is 4.90 Å². The molecule has 10 heteroatoms. The van der Waals surface area contributed by atoms with Gasteiger partial charge in [0, 0.05) is 27.2 Å². The van der Waals surface area contributed by atoms with E-state index in [1.165, 1.54) is 38.4 Å². The van der Waals surface area contributed by atoms with Crippen LogP contribution in [0.2, 0.25) is 0 Å². The standard InChI is InChI=1S/C21H25FN2O6S/c1-23(2)31(26,27)16-7-8-19(24-9-11-28-12-10-24)17(15-16)21(25)30-14-13-29-20-6-4-3-5-18(20)22/h3-8,15H,9-14H2,1-2H3. The van der Waals surface area contributed by atoms with Crippen LogP contribution in [0.15, 0.2) is 47.4 Å². The summed E-state index contributed by atoms with van der Waals surface area (Å²) in [6.07, 6.45) is 0. The van der Waals surface area contributed by atoms with E-state index in [0.717, 1.165) is 4.31 Å². The highest BCUT2D eigenvalue weighted by Crippen LogP contribution is 2.27. The Hall–Kier alpha value is -2.69. The number of nitrogens with zero attached hydrogens (tertiary/aromatic N) is 2. The van der Waals surface area contributed by atoms with Gasteiger partial charge < -0.3 is 19.1 Å². The third-order valence-electron chi connectivity index (χ3n) is 4.73. The molecule has 1 heterocycles. The molecule has 0 atom stereocenters. The second-order valence-corrected chi connectivity index (χ2v) is 9.13. The molecule has 2 aromatic carbocycles. The zero-order valence-electron chi connectivity index (χ0n) is 17.4. The Morgan fingerprint density at radius 3 is 2.52 bits per heavy atom. The van der Waals surface area contributed by atoms with Gasteiger partial charge in [0.05, 0.1) is 29.4 Å². The zero-order chi connectivity index (χ0) is 22.4. The summed E-state index contributed by atoms with van der Waals surface area (Å²) in [5.74, 6) is -1.13. The summed E-state index contributed by atoms with van der Waals surface area (Å²) < 4.78 is 55.7. The van der Waals surface area contributed by atoms with E-state index in [1.54, 1.807) is 18.2 Å². The van der Waals surface area contributed by atoms with Crippen LogP contribution in [0.5, 0.6) is 5.75 Å². The van der Waals surface area contributed by atoms with E-state index in [9.17, 15) is 17.6 Å². The van der Waals surface area contributed by atoms with Crippen molar-refractivity contribution in [2.45, 2.75) is 4.90 Å². The lowest BCUT2D eigenvalue weighted by atomic mass is 10.1. The maximum atomic E-state index is 13.6. The molecule has 0 radical (unpaired) electrons. The maximum Gasteiger partial charge on any atom is 0.340 e. The Labute approximate surface area is 181 Å². The van der Waals surface area contributed by atoms with E-state index in [2.05, 4.69) is 0 Å². The molecule has 3 rings (SSSR count). The molecule has 0 bridgehead atoms. The van der Waals surface area contributed by atoms with Crippen LogP contribution in [-0.4, -0.2) is 72.3 Å². The van der Waals surface area contributed by atoms with Crippen molar-refractivity contribution in [3.05, 3.63) is 53.8 Å². The number of halogens is 1. The normalized spacial score (nSPS) is 14.5. The Bertz CT molecular complexity index is 1020. The van der Waals surface area contributed by atoms with Crippen molar-refractivity contribution in [1.82, 2.24) is 4.31 Å². The zero-order valence-corrected chi connectivity index (χ0v) is 18.2. The average Bonchev–Trinajstić information content (AvgIpc) is 2.77. The highest BCUT2D eigenvalue weighted by atomic mass is 32.2. The number of esters is 1. The van der Waals surface area contributed by atoms with E-state index in [4.69, 9.17) is 14.2 Å². The number of carbonyl (C=O) groups excluding carboxylic acids is 1. The number of para-hydroxylation sites is 1. The average molecular weight is 453 g/mol. The lowest BCUT2D eigenvalue weighted by Gasteiger charge is -2.30. The number of anilines is 1. The second-order valence-electron chi connectivity index (χ2n) is 6.98. The molecule has 0 aromatic heterocycles. The van der Waals surface area contributed by atoms with Crippen molar-refractivity contribution in [1.29, 1.82) is 0 Å². The molecule has 0 amide bonds. The molecule has 1 saturated heterocycles. The smallest absolute Gasteiger partial charge is 0.340 e. The summed E-state index contributed by atoms with van der Waals surface area (Å²) >= 11 is 0. The SMILES string of the molecule is CN(C)S(=O)(=O)c1ccc(N2CCOCC2)c(C(=O)OCCOc2ccccc2F)c1. The van der Waals surface area contributed by atoms with Crippen LogP contribution < -0.4 is 9.64 Å². The first-order valence-electron chi connectivity index (χ1n) is 9.74. The van der Waals surface area contributed by atoms with Crippen LogP contribution in [0.4, 0.5) is 10.1 Å². The molecule has 1 fully saturated rings. The Kier molecular flexibility index (Phi) is 7.47. The van der Waals surface area contributed by atoms with Gasteiger partial charge in [-0.1, -0.05) is 12.1 Å². The van der Waals surface area contributed by atoms with Gasteiger partial charge in [-0.05, 0) is 30.3 Å². The molecule has 0 N–H and O–H groups in total. The van der Waals surface area contributed by atoms with E-state index in [0.29, 0.717) is 32.0 Å². The van der Waals surface area contributed by atoms with Crippen molar-refractivity contribution in [3.8, 4) is 5.75 Å². The number of benzene rings is 2. The van der Waals surface area contributed by atoms with Crippen LogP contribution in [0.1, 0.15) is 10.4 Å². The van der Waals surface area contributed by atoms with E-state index < -0.39 is 21.8 Å². The topological polar surface area (TPSA) is 85.4 Å². The molecule has 1 aliphatic rings. The summed E-state index contributed by atoms with van der Waals surface area (Å²) in [6, 6.07) is 10.3. The minimum atomic E-state index is -3.73. The van der Waals surface area contributed by atoms with Gasteiger partial charge in [0.15, 0.2) is 11.6 Å². The van der Waals surface area contributed by atoms with E-state index >= 15 is 0 Å². The molecule has 0 aliphatic carbocycles. The van der Waals surface area contributed by atoms with Gasteiger partial charge in [-0.15, -0.1) is 0 Å². The van der Waals surface area contributed by atoms with Crippen LogP contribution >= 0.6 is 0 Å². The number of sulfonamides is 1. The summed E-state index contributed by atoms with van der Waals surface area (Å²) in [7, 11) is -0.891. The van der Waals surface area contributed by atoms with Gasteiger partial charge in [-0.25, -0.2) is 21.9 Å². The Morgan fingerprint density at radius 2 is 1.84 bits per heavy atom. The third kappa shape index (κ3) is 5.52. The fourth-order valence-electron chi connectivity index (χ4n) is 3.06. The largest absolute Gasteiger partial charge is 0.487 e. The lowest BCUT2D eigenvalue weighted by Crippen LogP contribution is -2.37. The van der Waals surface area contributed by atoms with Gasteiger partial charge in [0.25, 0.3) is 0 Å². The first-order chi connectivity index (χ1) is 14.8. The minimum Gasteiger partial charge on any atom is -0.487 e. The maximum absolute atomic E-state index is 13.6. The molecule has 8 nitrogen and oxygen atoms in total. The van der Waals surface area contributed by atoms with Gasteiger partial charge >= 0.3 is 5.97 Å². The molecule has 0 unspecified atom stereocenters. The summed E-state index contributed by atoms with van der Waals surface area (Å²) in [6.45, 7) is 1.97. The van der Waals surface area contributed by atoms with Crippen LogP contribution in [0.3, 0.4) is 0 Å². The predicted molar refractivity (Wildman–Crippen MR) is 113 cm³/mol. The number of hydrogen-bond acceptors (Lipinski definition) is 7. The third-order valence-corrected chi connectivity index (χ3v) is 6.54. The van der Waals surface area contributed by atoms with Crippen molar-refractivity contribution in [2.24, 2.45) is 0 Å². The first kappa shape index (κ1) is 23.0. The van der Waals surface area contributed by atoms with Crippen molar-refractivity contribution >= 4 is 21.7 Å². The fourth-order valence-corrected chi connectivity index (χ4v) is 3.98. The van der Waals surface area contributed by atoms with Crippen LogP contribution in [0, 0.1) is 5.82 Å². The van der Waals surface area contributed by atoms with Crippen molar-refractivity contribution in [3.63, 3.8) is 0 Å². The van der Waals surface area contributed by atoms with Crippen LogP contribution in [-0.2, 0) is 19.5 Å². The van der Waals surface area contributed by atoms with Gasteiger partial charge in [-0.3, -0.25) is 0 Å². The monoisotopic (exact) mass is 452 g/mol. The molecule has 2 aromatic rings. The first-order valence-corrected chi connectivity index (χ1v) is 11.2. The molecule has 1 aliphatic heterocycles. The highest BCUT2D eigenvalue weighted by Gasteiger charge is 2.25. The van der Waals surface area contributed by atoms with Gasteiger partial charge in [0.2, 0.25) is 10.0 Å². The van der Waals surface area contributed by atoms with Crippen molar-refractivity contribution in [2.75, 3.05) is 58.5 Å². The molecular weight excluding hydrogens is 427 g/mol. The molecule has 0 spiro atoms. The lowest BCUT2D eigenvalue weighted by molar-refractivity contribution is 0.0448. The summed E-state index contributed by atoms with van der Waals surface area (Å²) in [5.41, 5.74) is 0.705. The fraction of sp³-hybridized carbons (Fsp3) is 0.381. The quantitative estimate of drug-likeness (QED) is 0.448. The van der Waals surface area contributed by atoms with Crippen LogP contribution in [0.25, 0.3) is 0 Å². The minimum absolute atomic E-state index is 0.0101. The van der Waals surface area contributed by atoms with E-state index in [-0.39, 0.29) is 29.4 Å². The summed E-state index contributed by atoms with van der Waals surface area (Å²) in [5, 5.41) is 0. The molecule has 31 heavy (non-hydrogen) atoms.